The fraction of sp³-hybridized carbons (Fsp3) is 0.439. The molecule has 10 N–H and O–H groups in total. The maximum Gasteiger partial charge on any atom is 0.490 e. The number of nitrogen functional groups attached to an aromatic ring is 1. The molecule has 6 atom stereocenters. The number of fused-ring (bicyclic) bond motifs is 4. The second-order valence-electron chi connectivity index (χ2n) is 15.5. The number of benzene rings is 2. The van der Waals surface area contributed by atoms with Crippen molar-refractivity contribution in [3.63, 3.8) is 0 Å². The van der Waals surface area contributed by atoms with Crippen LogP contribution in [0.25, 0.3) is 22.2 Å². The minimum absolute atomic E-state index is 0.0528. The Kier molecular flexibility index (Phi) is 19.3. The van der Waals surface area contributed by atoms with Crippen LogP contribution in [-0.4, -0.2) is 113 Å². The number of rotatable bonds is 24. The molecular formula is C41H52N7O16P3S2. The molecule has 2 aromatic carbocycles. The van der Waals surface area contributed by atoms with Crippen LogP contribution in [0.1, 0.15) is 74.3 Å². The highest BCUT2D eigenvalue weighted by Crippen LogP contribution is 2.66. The monoisotopic (exact) mass is 1060 g/mol. The number of hydrogen-bond acceptors (Lipinski definition) is 17. The van der Waals surface area contributed by atoms with Gasteiger partial charge < -0.3 is 60.4 Å². The van der Waals surface area contributed by atoms with Crippen molar-refractivity contribution in [2.24, 2.45) is 0 Å². The normalized spacial score (nSPS) is 18.8. The molecule has 0 saturated carbocycles. The third-order valence-electron chi connectivity index (χ3n) is 10.6. The largest absolute Gasteiger partial charge is 0.490 e. The zero-order valence-electron chi connectivity index (χ0n) is 36.9. The summed E-state index contributed by atoms with van der Waals surface area (Å²) in [6.07, 6.45) is 2.30. The topological polar surface area (TPSA) is 343 Å². The predicted octanol–water partition coefficient (Wildman–Crippen LogP) is 4.85. The third-order valence-corrected chi connectivity index (χ3v) is 16.8. The quantitative estimate of drug-likeness (QED) is 0.0196. The highest BCUT2D eigenvalue weighted by Gasteiger charge is 2.43. The summed E-state index contributed by atoms with van der Waals surface area (Å²) in [5.41, 5.74) is 11.1. The summed E-state index contributed by atoms with van der Waals surface area (Å²) in [4.78, 5) is 84.1. The van der Waals surface area contributed by atoms with Gasteiger partial charge in [0, 0.05) is 43.0 Å². The lowest BCUT2D eigenvalue weighted by Gasteiger charge is -2.19. The van der Waals surface area contributed by atoms with Crippen LogP contribution in [0.5, 0.6) is 0 Å². The van der Waals surface area contributed by atoms with E-state index in [1.165, 1.54) is 38.7 Å². The number of nitrogens with one attached hydrogen (secondary N) is 3. The Balaban J connectivity index is 0.968. The van der Waals surface area contributed by atoms with Crippen molar-refractivity contribution in [3.8, 4) is 23.0 Å². The van der Waals surface area contributed by atoms with Crippen LogP contribution in [0.4, 0.5) is 10.6 Å². The summed E-state index contributed by atoms with van der Waals surface area (Å²) < 4.78 is 59.8. The Morgan fingerprint density at radius 3 is 2.35 bits per heavy atom. The van der Waals surface area contributed by atoms with Crippen LogP contribution in [0, 0.1) is 11.8 Å². The first-order chi connectivity index (χ1) is 32.8. The highest BCUT2D eigenvalue weighted by molar-refractivity contribution is 8.76. The molecule has 0 spiro atoms. The molecule has 0 bridgehead atoms. The Labute approximate surface area is 404 Å². The molecule has 3 amide bonds. The van der Waals surface area contributed by atoms with E-state index in [4.69, 9.17) is 25.0 Å². The van der Waals surface area contributed by atoms with E-state index >= 15 is 0 Å². The number of alkyl carbamates (subject to hydrolysis) is 1. The summed E-state index contributed by atoms with van der Waals surface area (Å²) in [5, 5.41) is 19.4. The first-order valence-electron chi connectivity index (χ1n) is 21.5. The molecule has 4 aromatic rings. The second kappa shape index (κ2) is 24.7. The van der Waals surface area contributed by atoms with Crippen molar-refractivity contribution in [1.82, 2.24) is 30.5 Å². The molecule has 1 fully saturated rings. The number of unbranched alkanes of at least 4 members (excludes halogenated alkanes) is 3. The molecule has 6 rings (SSSR count). The number of ether oxygens (including phenoxy) is 2. The summed E-state index contributed by atoms with van der Waals surface area (Å²) >= 11 is 0. The Bertz CT molecular complexity index is 2640. The fourth-order valence-electron chi connectivity index (χ4n) is 7.46. The van der Waals surface area contributed by atoms with Gasteiger partial charge in [-0.3, -0.25) is 14.1 Å². The van der Waals surface area contributed by atoms with Gasteiger partial charge in [0.1, 0.15) is 42.8 Å². The Morgan fingerprint density at radius 2 is 1.65 bits per heavy atom. The number of amides is 3. The van der Waals surface area contributed by atoms with E-state index in [-0.39, 0.29) is 60.9 Å². The number of carbonyl (C=O) groups is 3. The van der Waals surface area contributed by atoms with E-state index in [1.54, 1.807) is 0 Å². The molecule has 28 heteroatoms. The van der Waals surface area contributed by atoms with Crippen molar-refractivity contribution in [2.45, 2.75) is 75.8 Å². The maximum atomic E-state index is 13.3. The third kappa shape index (κ3) is 15.6. The molecule has 0 radical (unpaired) electrons. The minimum atomic E-state index is -5.76. The number of anilines is 1. The maximum absolute atomic E-state index is 13.3. The minimum Gasteiger partial charge on any atom is -0.449 e. The Morgan fingerprint density at radius 1 is 0.942 bits per heavy atom. The molecule has 69 heavy (non-hydrogen) atoms. The number of nitrogens with two attached hydrogens (primary N) is 1. The van der Waals surface area contributed by atoms with Crippen LogP contribution < -0.4 is 21.7 Å². The standard InChI is InChI=1S/C41H52N7O16P3S2/c1-2-3-4-9-17-44-40(51)32(47-41(52)60-22-31-29-14-7-5-12-27(29)28-13-6-8-15-30(28)31)24-69-68-19-16-35(50)43-18-10-11-26-21-48(39-37(26)38(42)45-25-46-39)36-20-33(49)34(62-36)23-61-66(56,57)64-67(58,59)63-65(53,54)55/h5-8,12-15,21,25,31-34,36,49H,2-4,9,16-20,22-24H2,1H3,(H,43,50)(H,44,51)(H,47,52)(H,56,57)(H,58,59)(H2,42,45,46)(H2,53,54,55). The van der Waals surface area contributed by atoms with Crippen molar-refractivity contribution in [1.29, 1.82) is 0 Å². The van der Waals surface area contributed by atoms with Gasteiger partial charge in [-0.1, -0.05) is 108 Å². The lowest BCUT2D eigenvalue weighted by molar-refractivity contribution is -0.122. The first-order valence-corrected chi connectivity index (χ1v) is 28.5. The number of nitrogens with zero attached hydrogens (tertiary/aromatic N) is 3. The average molecular weight is 1060 g/mol. The van der Waals surface area contributed by atoms with Crippen molar-refractivity contribution in [3.05, 3.63) is 77.7 Å². The van der Waals surface area contributed by atoms with Crippen LogP contribution in [0.3, 0.4) is 0 Å². The van der Waals surface area contributed by atoms with Crippen molar-refractivity contribution < 1.29 is 75.4 Å². The van der Waals surface area contributed by atoms with Crippen LogP contribution in [0.15, 0.2) is 61.1 Å². The van der Waals surface area contributed by atoms with Gasteiger partial charge in [-0.2, -0.15) is 8.62 Å². The van der Waals surface area contributed by atoms with Crippen molar-refractivity contribution >= 4 is 79.8 Å². The van der Waals surface area contributed by atoms with E-state index in [0.29, 0.717) is 23.2 Å². The molecule has 1 aliphatic heterocycles. The molecule has 3 heterocycles. The highest BCUT2D eigenvalue weighted by atomic mass is 33.1. The van der Waals surface area contributed by atoms with E-state index in [0.717, 1.165) is 47.9 Å². The molecule has 1 saturated heterocycles. The molecule has 2 aromatic heterocycles. The summed E-state index contributed by atoms with van der Waals surface area (Å²) in [5.74, 6) is 5.68. The predicted molar refractivity (Wildman–Crippen MR) is 255 cm³/mol. The van der Waals surface area contributed by atoms with Gasteiger partial charge in [0.25, 0.3) is 0 Å². The Hall–Kier alpha value is -4.34. The van der Waals surface area contributed by atoms with Gasteiger partial charge in [-0.05, 0) is 28.7 Å². The van der Waals surface area contributed by atoms with Gasteiger partial charge in [0.05, 0.1) is 30.2 Å². The van der Waals surface area contributed by atoms with Gasteiger partial charge in [0.2, 0.25) is 11.8 Å². The van der Waals surface area contributed by atoms with Gasteiger partial charge >= 0.3 is 29.6 Å². The molecular weight excluding hydrogens is 1000 g/mol. The molecule has 2 aliphatic rings. The zero-order chi connectivity index (χ0) is 49.8. The number of carbonyl (C=O) groups excluding carboxylic acids is 3. The van der Waals surface area contributed by atoms with Crippen LogP contribution in [0.2, 0.25) is 0 Å². The number of aromatic nitrogens is 3. The first kappa shape index (κ1) is 54.0. The number of aliphatic hydroxyl groups is 1. The molecule has 23 nitrogen and oxygen atoms in total. The number of hydrogen-bond donors (Lipinski definition) is 9. The molecule has 1 aliphatic carbocycles. The SMILES string of the molecule is CCCCCCNC(=O)C(CSSCCC(=O)NCC#Cc1cn(C2CC(O)C(COP(=O)(O)OP(=O)(O)OP(=O)(O)O)O2)c2ncnc(N)c12)NC(=O)OCC1c2ccccc2-c2ccccc21. The molecule has 374 valence electrons. The van der Waals surface area contributed by atoms with E-state index in [1.807, 2.05) is 48.5 Å². The van der Waals surface area contributed by atoms with E-state index in [2.05, 4.69) is 57.8 Å². The van der Waals surface area contributed by atoms with Gasteiger partial charge in [0.15, 0.2) is 0 Å². The number of aliphatic hydroxyl groups excluding tert-OH is 1. The lowest BCUT2D eigenvalue weighted by Crippen LogP contribution is -2.48. The fourth-order valence-corrected chi connectivity index (χ4v) is 12.6. The smallest absolute Gasteiger partial charge is 0.449 e. The van der Waals surface area contributed by atoms with Crippen molar-refractivity contribution in [2.75, 3.05) is 43.5 Å². The number of phosphoric ester groups is 1. The van der Waals surface area contributed by atoms with E-state index in [9.17, 15) is 43.0 Å². The molecule has 6 unspecified atom stereocenters. The van der Waals surface area contributed by atoms with E-state index < -0.39 is 60.6 Å². The summed E-state index contributed by atoms with van der Waals surface area (Å²) in [7, 11) is -14.1. The summed E-state index contributed by atoms with van der Waals surface area (Å²) in [6.45, 7) is 1.75. The second-order valence-corrected chi connectivity index (χ2v) is 22.6. The van der Waals surface area contributed by atoms with Crippen LogP contribution in [-0.2, 0) is 45.9 Å². The average Bonchev–Trinajstić information content (AvgIpc) is 3.95. The zero-order valence-corrected chi connectivity index (χ0v) is 41.3. The lowest BCUT2D eigenvalue weighted by atomic mass is 9.98. The number of phosphoric acid groups is 3. The van der Waals surface area contributed by atoms with Gasteiger partial charge in [-0.15, -0.1) is 0 Å². The van der Waals surface area contributed by atoms with Gasteiger partial charge in [-0.25, -0.2) is 28.5 Å². The summed E-state index contributed by atoms with van der Waals surface area (Å²) in [6, 6.07) is 15.1. The van der Waals surface area contributed by atoms with Crippen LogP contribution >= 0.6 is 45.1 Å².